The second-order valence-corrected chi connectivity index (χ2v) is 10.1. The van der Waals surface area contributed by atoms with E-state index in [1.165, 1.54) is 21.2 Å². The van der Waals surface area contributed by atoms with Crippen LogP contribution in [0, 0.1) is 0 Å². The standard InChI is InChI=1S/C20H27N3O3S2/c1-22(2)15-17-8-6-7-16(13-17)14-21-20(24)19-18(9-12-27-19)28(25,26)23-10-4-3-5-11-23/h6-9,12-13H,3-5,10-11,14-15H2,1-2H3,(H,21,24). The van der Waals surface area contributed by atoms with Crippen molar-refractivity contribution < 1.29 is 13.2 Å². The monoisotopic (exact) mass is 421 g/mol. The quantitative estimate of drug-likeness (QED) is 0.746. The Balaban J connectivity index is 1.70. The number of nitrogens with one attached hydrogen (secondary N) is 1. The number of hydrogen-bond acceptors (Lipinski definition) is 5. The highest BCUT2D eigenvalue weighted by atomic mass is 32.2. The second-order valence-electron chi connectivity index (χ2n) is 7.32. The normalized spacial score (nSPS) is 15.7. The van der Waals surface area contributed by atoms with Crippen LogP contribution in [0.2, 0.25) is 0 Å². The van der Waals surface area contributed by atoms with Gasteiger partial charge in [-0.3, -0.25) is 4.79 Å². The fraction of sp³-hybridized carbons (Fsp3) is 0.450. The molecule has 0 radical (unpaired) electrons. The number of carbonyl (C=O) groups excluding carboxylic acids is 1. The lowest BCUT2D eigenvalue weighted by Crippen LogP contribution is -2.36. The number of rotatable bonds is 7. The zero-order valence-electron chi connectivity index (χ0n) is 16.3. The van der Waals surface area contributed by atoms with Crippen LogP contribution >= 0.6 is 11.3 Å². The maximum atomic E-state index is 12.9. The minimum Gasteiger partial charge on any atom is -0.347 e. The van der Waals surface area contributed by atoms with Gasteiger partial charge in [-0.2, -0.15) is 4.31 Å². The lowest BCUT2D eigenvalue weighted by molar-refractivity contribution is 0.0951. The molecule has 0 spiro atoms. The summed E-state index contributed by atoms with van der Waals surface area (Å²) in [5, 5.41) is 4.54. The Morgan fingerprint density at radius 2 is 1.86 bits per heavy atom. The lowest BCUT2D eigenvalue weighted by atomic mass is 10.1. The zero-order chi connectivity index (χ0) is 20.1. The summed E-state index contributed by atoms with van der Waals surface area (Å²) in [6.45, 7) is 2.24. The molecule has 8 heteroatoms. The zero-order valence-corrected chi connectivity index (χ0v) is 18.0. The maximum absolute atomic E-state index is 12.9. The molecule has 6 nitrogen and oxygen atoms in total. The third-order valence-electron chi connectivity index (χ3n) is 4.71. The summed E-state index contributed by atoms with van der Waals surface area (Å²) in [4.78, 5) is 15.2. The number of thiophene rings is 1. The van der Waals surface area contributed by atoms with Crippen LogP contribution in [0.4, 0.5) is 0 Å². The van der Waals surface area contributed by atoms with Crippen molar-refractivity contribution in [1.29, 1.82) is 0 Å². The topological polar surface area (TPSA) is 69.7 Å². The largest absolute Gasteiger partial charge is 0.347 e. The van der Waals surface area contributed by atoms with Gasteiger partial charge in [-0.05, 0) is 49.5 Å². The summed E-state index contributed by atoms with van der Waals surface area (Å²) in [5.74, 6) is -0.344. The van der Waals surface area contributed by atoms with Crippen LogP contribution in [0.25, 0.3) is 0 Å². The van der Waals surface area contributed by atoms with Crippen molar-refractivity contribution in [3.63, 3.8) is 0 Å². The SMILES string of the molecule is CN(C)Cc1cccc(CNC(=O)c2sccc2S(=O)(=O)N2CCCCC2)c1. The Morgan fingerprint density at radius 3 is 2.57 bits per heavy atom. The van der Waals surface area contributed by atoms with E-state index in [4.69, 9.17) is 0 Å². The van der Waals surface area contributed by atoms with Gasteiger partial charge >= 0.3 is 0 Å². The summed E-state index contributed by atoms with van der Waals surface area (Å²) < 4.78 is 27.4. The van der Waals surface area contributed by atoms with E-state index < -0.39 is 10.0 Å². The Kier molecular flexibility index (Phi) is 6.87. The first kappa shape index (κ1) is 21.0. The molecule has 1 aromatic heterocycles. The van der Waals surface area contributed by atoms with Gasteiger partial charge in [-0.1, -0.05) is 30.7 Å². The Hall–Kier alpha value is -1.74. The van der Waals surface area contributed by atoms with Crippen LogP contribution in [0.15, 0.2) is 40.6 Å². The van der Waals surface area contributed by atoms with Crippen LogP contribution in [-0.2, 0) is 23.1 Å². The van der Waals surface area contributed by atoms with Crippen molar-refractivity contribution in [1.82, 2.24) is 14.5 Å². The fourth-order valence-corrected chi connectivity index (χ4v) is 6.21. The minimum absolute atomic E-state index is 0.123. The molecule has 0 aliphatic carbocycles. The molecule has 0 bridgehead atoms. The van der Waals surface area contributed by atoms with Crippen molar-refractivity contribution in [2.24, 2.45) is 0 Å². The highest BCUT2D eigenvalue weighted by molar-refractivity contribution is 7.89. The molecule has 1 amide bonds. The molecule has 0 atom stereocenters. The third kappa shape index (κ3) is 5.00. The number of nitrogens with zero attached hydrogens (tertiary/aromatic N) is 2. The van der Waals surface area contributed by atoms with Gasteiger partial charge in [-0.25, -0.2) is 8.42 Å². The van der Waals surface area contributed by atoms with Crippen molar-refractivity contribution >= 4 is 27.3 Å². The number of piperidine rings is 1. The smallest absolute Gasteiger partial charge is 0.263 e. The first-order valence-electron chi connectivity index (χ1n) is 9.46. The molecular formula is C20H27N3O3S2. The van der Waals surface area contributed by atoms with Gasteiger partial charge in [0.2, 0.25) is 10.0 Å². The molecule has 0 unspecified atom stereocenters. The van der Waals surface area contributed by atoms with Gasteiger partial charge in [0.05, 0.1) is 0 Å². The molecule has 152 valence electrons. The van der Waals surface area contributed by atoms with Crippen molar-refractivity contribution in [2.75, 3.05) is 27.2 Å². The summed E-state index contributed by atoms with van der Waals surface area (Å²) in [5.41, 5.74) is 2.16. The highest BCUT2D eigenvalue weighted by Gasteiger charge is 2.30. The number of carbonyl (C=O) groups is 1. The lowest BCUT2D eigenvalue weighted by Gasteiger charge is -2.25. The number of benzene rings is 1. The van der Waals surface area contributed by atoms with Gasteiger partial charge in [0.25, 0.3) is 5.91 Å². The van der Waals surface area contributed by atoms with Crippen molar-refractivity contribution in [3.8, 4) is 0 Å². The van der Waals surface area contributed by atoms with Gasteiger partial charge in [-0.15, -0.1) is 11.3 Å². The van der Waals surface area contributed by atoms with E-state index in [0.29, 0.717) is 19.6 Å². The molecule has 1 N–H and O–H groups in total. The Morgan fingerprint density at radius 1 is 1.14 bits per heavy atom. The average molecular weight is 422 g/mol. The predicted octanol–water partition coefficient (Wildman–Crippen LogP) is 2.91. The van der Waals surface area contributed by atoms with Gasteiger partial charge in [0.1, 0.15) is 9.77 Å². The summed E-state index contributed by atoms with van der Waals surface area (Å²) in [6.07, 6.45) is 2.79. The van der Waals surface area contributed by atoms with Crippen LogP contribution in [0.5, 0.6) is 0 Å². The third-order valence-corrected chi connectivity index (χ3v) is 7.69. The molecule has 1 saturated heterocycles. The fourth-order valence-electron chi connectivity index (χ4n) is 3.38. The van der Waals surface area contributed by atoms with Crippen molar-refractivity contribution in [2.45, 2.75) is 37.2 Å². The van der Waals surface area contributed by atoms with E-state index in [-0.39, 0.29) is 15.7 Å². The van der Waals surface area contributed by atoms with Crippen LogP contribution in [-0.4, -0.2) is 50.7 Å². The van der Waals surface area contributed by atoms with E-state index in [1.54, 1.807) is 11.4 Å². The predicted molar refractivity (Wildman–Crippen MR) is 112 cm³/mol. The number of hydrogen-bond donors (Lipinski definition) is 1. The van der Waals surface area contributed by atoms with E-state index in [0.717, 1.165) is 31.4 Å². The molecule has 1 fully saturated rings. The number of amides is 1. The van der Waals surface area contributed by atoms with E-state index in [1.807, 2.05) is 32.3 Å². The summed E-state index contributed by atoms with van der Waals surface area (Å²) in [6, 6.07) is 9.58. The maximum Gasteiger partial charge on any atom is 0.263 e. The number of sulfonamides is 1. The van der Waals surface area contributed by atoms with E-state index >= 15 is 0 Å². The summed E-state index contributed by atoms with van der Waals surface area (Å²) >= 11 is 1.17. The molecule has 0 saturated carbocycles. The minimum atomic E-state index is -3.62. The van der Waals surface area contributed by atoms with Gasteiger partial charge in [0, 0.05) is 26.2 Å². The molecule has 1 aliphatic rings. The molecule has 1 aliphatic heterocycles. The van der Waals surface area contributed by atoms with Crippen LogP contribution in [0.1, 0.15) is 40.1 Å². The average Bonchev–Trinajstić information content (AvgIpc) is 3.17. The molecular weight excluding hydrogens is 394 g/mol. The molecule has 2 aromatic rings. The summed E-state index contributed by atoms with van der Waals surface area (Å²) in [7, 11) is 0.399. The second kappa shape index (κ2) is 9.17. The van der Waals surface area contributed by atoms with Crippen molar-refractivity contribution in [3.05, 3.63) is 51.7 Å². The van der Waals surface area contributed by atoms with Crippen LogP contribution in [0.3, 0.4) is 0 Å². The first-order valence-corrected chi connectivity index (χ1v) is 11.8. The van der Waals surface area contributed by atoms with Gasteiger partial charge in [0.15, 0.2) is 0 Å². The highest BCUT2D eigenvalue weighted by Crippen LogP contribution is 2.27. The van der Waals surface area contributed by atoms with E-state index in [9.17, 15) is 13.2 Å². The molecule has 2 heterocycles. The Labute approximate surface area is 171 Å². The van der Waals surface area contributed by atoms with Gasteiger partial charge < -0.3 is 10.2 Å². The molecule has 28 heavy (non-hydrogen) atoms. The van der Waals surface area contributed by atoms with E-state index in [2.05, 4.69) is 16.3 Å². The van der Waals surface area contributed by atoms with Crippen LogP contribution < -0.4 is 5.32 Å². The molecule has 1 aromatic carbocycles. The molecule has 3 rings (SSSR count). The Bertz CT molecular complexity index is 916. The first-order chi connectivity index (χ1) is 13.4.